The molecule has 0 saturated heterocycles. The van der Waals surface area contributed by atoms with Gasteiger partial charge in [-0.05, 0) is 31.5 Å². The zero-order chi connectivity index (χ0) is 15.8. The molecule has 0 aliphatic carbocycles. The summed E-state index contributed by atoms with van der Waals surface area (Å²) in [5.41, 5.74) is 3.23. The Hall–Kier alpha value is -2.13. The number of amides is 1. The molecule has 0 aliphatic heterocycles. The third-order valence-electron chi connectivity index (χ3n) is 3.49. The molecule has 0 radical (unpaired) electrons. The number of rotatable bonds is 7. The van der Waals surface area contributed by atoms with Crippen molar-refractivity contribution in [3.8, 4) is 0 Å². The maximum absolute atomic E-state index is 12.6. The van der Waals surface area contributed by atoms with Gasteiger partial charge in [0.15, 0.2) is 0 Å². The minimum absolute atomic E-state index is 0.0844. The summed E-state index contributed by atoms with van der Waals surface area (Å²) in [5.74, 6) is 0.0844. The van der Waals surface area contributed by atoms with Gasteiger partial charge in [-0.15, -0.1) is 0 Å². The number of hydrogen-bond acceptors (Lipinski definition) is 2. The predicted molar refractivity (Wildman–Crippen MR) is 89.9 cm³/mol. The Labute approximate surface area is 132 Å². The molecule has 2 aromatic rings. The largest absolute Gasteiger partial charge is 0.381 e. The molecule has 0 spiro atoms. The normalized spacial score (nSPS) is 10.5. The first kappa shape index (κ1) is 16.2. The first-order chi connectivity index (χ1) is 10.7. The molecule has 2 rings (SSSR count). The maximum atomic E-state index is 12.6. The SMILES string of the molecule is CCOCCC(=O)N(Cc1ccccc1)c1ccc(C)cc1. The van der Waals surface area contributed by atoms with E-state index in [1.54, 1.807) is 0 Å². The van der Waals surface area contributed by atoms with E-state index >= 15 is 0 Å². The van der Waals surface area contributed by atoms with Crippen molar-refractivity contribution in [3.05, 3.63) is 65.7 Å². The van der Waals surface area contributed by atoms with Gasteiger partial charge >= 0.3 is 0 Å². The van der Waals surface area contributed by atoms with Crippen molar-refractivity contribution in [1.29, 1.82) is 0 Å². The van der Waals surface area contributed by atoms with E-state index in [0.29, 0.717) is 26.2 Å². The fraction of sp³-hybridized carbons (Fsp3) is 0.316. The van der Waals surface area contributed by atoms with Gasteiger partial charge in [0.1, 0.15) is 0 Å². The number of carbonyl (C=O) groups is 1. The zero-order valence-corrected chi connectivity index (χ0v) is 13.3. The van der Waals surface area contributed by atoms with Crippen LogP contribution in [0.25, 0.3) is 0 Å². The Bertz CT molecular complexity index is 578. The third kappa shape index (κ3) is 4.71. The van der Waals surface area contributed by atoms with Crippen LogP contribution in [0.4, 0.5) is 5.69 Å². The van der Waals surface area contributed by atoms with Crippen molar-refractivity contribution in [2.24, 2.45) is 0 Å². The van der Waals surface area contributed by atoms with E-state index in [2.05, 4.69) is 0 Å². The van der Waals surface area contributed by atoms with Gasteiger partial charge in [-0.2, -0.15) is 0 Å². The predicted octanol–water partition coefficient (Wildman–Crippen LogP) is 3.95. The van der Waals surface area contributed by atoms with Crippen LogP contribution in [0.2, 0.25) is 0 Å². The summed E-state index contributed by atoms with van der Waals surface area (Å²) >= 11 is 0. The van der Waals surface area contributed by atoms with Crippen LogP contribution in [0.15, 0.2) is 54.6 Å². The van der Waals surface area contributed by atoms with Gasteiger partial charge in [0, 0.05) is 12.3 Å². The molecule has 116 valence electrons. The van der Waals surface area contributed by atoms with Crippen molar-refractivity contribution in [1.82, 2.24) is 0 Å². The van der Waals surface area contributed by atoms with Gasteiger partial charge in [0.2, 0.25) is 5.91 Å². The fourth-order valence-electron chi connectivity index (χ4n) is 2.25. The van der Waals surface area contributed by atoms with Crippen LogP contribution in [0.5, 0.6) is 0 Å². The van der Waals surface area contributed by atoms with Crippen molar-refractivity contribution >= 4 is 11.6 Å². The number of carbonyl (C=O) groups excluding carboxylic acids is 1. The highest BCUT2D eigenvalue weighted by Gasteiger charge is 2.15. The third-order valence-corrected chi connectivity index (χ3v) is 3.49. The first-order valence-electron chi connectivity index (χ1n) is 7.69. The Morgan fingerprint density at radius 2 is 1.73 bits per heavy atom. The summed E-state index contributed by atoms with van der Waals surface area (Å²) in [7, 11) is 0. The molecule has 0 heterocycles. The van der Waals surface area contributed by atoms with E-state index in [1.807, 2.05) is 73.3 Å². The van der Waals surface area contributed by atoms with Crippen LogP contribution >= 0.6 is 0 Å². The zero-order valence-electron chi connectivity index (χ0n) is 13.3. The van der Waals surface area contributed by atoms with Gasteiger partial charge in [-0.3, -0.25) is 4.79 Å². The Balaban J connectivity index is 2.16. The summed E-state index contributed by atoms with van der Waals surface area (Å²) in [6.45, 7) is 5.66. The average molecular weight is 297 g/mol. The lowest BCUT2D eigenvalue weighted by molar-refractivity contribution is -0.119. The summed E-state index contributed by atoms with van der Waals surface area (Å²) < 4.78 is 5.31. The van der Waals surface area contributed by atoms with Gasteiger partial charge in [0.05, 0.1) is 19.6 Å². The first-order valence-corrected chi connectivity index (χ1v) is 7.69. The van der Waals surface area contributed by atoms with Crippen LogP contribution in [0.3, 0.4) is 0 Å². The molecule has 0 N–H and O–H groups in total. The molecule has 0 aromatic heterocycles. The number of benzene rings is 2. The highest BCUT2D eigenvalue weighted by molar-refractivity contribution is 5.93. The highest BCUT2D eigenvalue weighted by Crippen LogP contribution is 2.19. The minimum Gasteiger partial charge on any atom is -0.381 e. The molecule has 2 aromatic carbocycles. The molecule has 0 bridgehead atoms. The maximum Gasteiger partial charge on any atom is 0.229 e. The van der Waals surface area contributed by atoms with Gasteiger partial charge in [0.25, 0.3) is 0 Å². The van der Waals surface area contributed by atoms with E-state index in [-0.39, 0.29) is 5.91 Å². The molecular formula is C19H23NO2. The van der Waals surface area contributed by atoms with E-state index in [9.17, 15) is 4.79 Å². The lowest BCUT2D eigenvalue weighted by Gasteiger charge is -2.23. The van der Waals surface area contributed by atoms with Crippen molar-refractivity contribution < 1.29 is 9.53 Å². The lowest BCUT2D eigenvalue weighted by atomic mass is 10.1. The van der Waals surface area contributed by atoms with Gasteiger partial charge in [-0.1, -0.05) is 48.0 Å². The average Bonchev–Trinajstić information content (AvgIpc) is 2.55. The summed E-state index contributed by atoms with van der Waals surface area (Å²) in [6.07, 6.45) is 0.397. The highest BCUT2D eigenvalue weighted by atomic mass is 16.5. The van der Waals surface area contributed by atoms with Crippen molar-refractivity contribution in [3.63, 3.8) is 0 Å². The Morgan fingerprint density at radius 3 is 2.36 bits per heavy atom. The van der Waals surface area contributed by atoms with E-state index in [4.69, 9.17) is 4.74 Å². The van der Waals surface area contributed by atoms with Crippen LogP contribution in [0.1, 0.15) is 24.5 Å². The second-order valence-corrected chi connectivity index (χ2v) is 5.25. The second-order valence-electron chi connectivity index (χ2n) is 5.25. The summed E-state index contributed by atoms with van der Waals surface area (Å²) in [6, 6.07) is 18.1. The number of anilines is 1. The number of nitrogens with zero attached hydrogens (tertiary/aromatic N) is 1. The summed E-state index contributed by atoms with van der Waals surface area (Å²) in [4.78, 5) is 14.4. The number of hydrogen-bond donors (Lipinski definition) is 0. The second kappa shape index (κ2) is 8.35. The standard InChI is InChI=1S/C19H23NO2/c1-3-22-14-13-19(21)20(15-17-7-5-4-6-8-17)18-11-9-16(2)10-12-18/h4-12H,3,13-15H2,1-2H3. The fourth-order valence-corrected chi connectivity index (χ4v) is 2.25. The molecule has 0 unspecified atom stereocenters. The van der Waals surface area contributed by atoms with E-state index < -0.39 is 0 Å². The molecule has 0 saturated carbocycles. The number of aryl methyl sites for hydroxylation is 1. The number of ether oxygens (including phenoxy) is 1. The van der Waals surface area contributed by atoms with Gasteiger partial charge in [-0.25, -0.2) is 0 Å². The Morgan fingerprint density at radius 1 is 1.05 bits per heavy atom. The monoisotopic (exact) mass is 297 g/mol. The lowest BCUT2D eigenvalue weighted by Crippen LogP contribution is -2.31. The smallest absolute Gasteiger partial charge is 0.229 e. The molecule has 3 nitrogen and oxygen atoms in total. The van der Waals surface area contributed by atoms with Crippen molar-refractivity contribution in [2.75, 3.05) is 18.1 Å². The van der Waals surface area contributed by atoms with E-state index in [0.717, 1.165) is 11.3 Å². The molecule has 1 amide bonds. The van der Waals surface area contributed by atoms with Crippen LogP contribution < -0.4 is 4.90 Å². The minimum atomic E-state index is 0.0844. The molecule has 22 heavy (non-hydrogen) atoms. The molecular weight excluding hydrogens is 274 g/mol. The van der Waals surface area contributed by atoms with Crippen molar-refractivity contribution in [2.45, 2.75) is 26.8 Å². The summed E-state index contributed by atoms with van der Waals surface area (Å²) in [5, 5.41) is 0. The van der Waals surface area contributed by atoms with Crippen LogP contribution in [-0.4, -0.2) is 19.1 Å². The molecule has 0 fully saturated rings. The molecule has 3 heteroatoms. The van der Waals surface area contributed by atoms with Crippen LogP contribution in [-0.2, 0) is 16.1 Å². The topological polar surface area (TPSA) is 29.5 Å². The van der Waals surface area contributed by atoms with Gasteiger partial charge < -0.3 is 9.64 Å². The molecule has 0 atom stereocenters. The quantitative estimate of drug-likeness (QED) is 0.724. The van der Waals surface area contributed by atoms with E-state index in [1.165, 1.54) is 5.56 Å². The van der Waals surface area contributed by atoms with Crippen LogP contribution in [0, 0.1) is 6.92 Å². The Kier molecular flexibility index (Phi) is 6.16. The molecule has 0 aliphatic rings.